The van der Waals surface area contributed by atoms with Gasteiger partial charge in [-0.2, -0.15) is 0 Å². The Morgan fingerprint density at radius 2 is 1.89 bits per heavy atom. The molecule has 0 saturated carbocycles. The maximum atomic E-state index is 11.5. The fourth-order valence-electron chi connectivity index (χ4n) is 1.23. The highest BCUT2D eigenvalue weighted by molar-refractivity contribution is 7.84. The second kappa shape index (κ2) is 8.07. The summed E-state index contributed by atoms with van der Waals surface area (Å²) in [7, 11) is -1.02. The van der Waals surface area contributed by atoms with E-state index in [-0.39, 0.29) is 17.7 Å². The lowest BCUT2D eigenvalue weighted by molar-refractivity contribution is -0.140. The molecule has 0 radical (unpaired) electrons. The number of carbonyl (C=O) groups is 2. The van der Waals surface area contributed by atoms with E-state index < -0.39 is 28.8 Å². The minimum Gasteiger partial charge on any atom is -0.480 e. The van der Waals surface area contributed by atoms with Crippen LogP contribution >= 0.6 is 0 Å². The van der Waals surface area contributed by atoms with Crippen molar-refractivity contribution >= 4 is 22.8 Å². The van der Waals surface area contributed by atoms with Gasteiger partial charge in [0.1, 0.15) is 6.04 Å². The van der Waals surface area contributed by atoms with E-state index in [0.717, 1.165) is 0 Å². The van der Waals surface area contributed by atoms with E-state index in [4.69, 9.17) is 5.11 Å². The van der Waals surface area contributed by atoms with E-state index in [1.807, 2.05) is 6.92 Å². The number of nitrogens with one attached hydrogen (secondary N) is 2. The van der Waals surface area contributed by atoms with Gasteiger partial charge in [0.05, 0.1) is 0 Å². The number of carboxylic acids is 1. The van der Waals surface area contributed by atoms with Crippen molar-refractivity contribution in [2.75, 3.05) is 12.8 Å². The van der Waals surface area contributed by atoms with Crippen LogP contribution in [0.5, 0.6) is 0 Å². The summed E-state index contributed by atoms with van der Waals surface area (Å²) in [5.74, 6) is -1.20. The highest BCUT2D eigenvalue weighted by Gasteiger charge is 2.25. The summed E-state index contributed by atoms with van der Waals surface area (Å²) in [6, 6.07) is -1.45. The van der Waals surface area contributed by atoms with Crippen LogP contribution < -0.4 is 10.6 Å². The Bertz CT molecular complexity index is 322. The van der Waals surface area contributed by atoms with Gasteiger partial charge in [-0.3, -0.25) is 4.21 Å². The molecule has 0 heterocycles. The van der Waals surface area contributed by atoms with Crippen LogP contribution in [0.25, 0.3) is 0 Å². The van der Waals surface area contributed by atoms with Gasteiger partial charge in [0.15, 0.2) is 0 Å². The molecule has 0 saturated heterocycles. The maximum absolute atomic E-state index is 11.5. The van der Waals surface area contributed by atoms with E-state index in [1.165, 1.54) is 0 Å². The van der Waals surface area contributed by atoms with E-state index >= 15 is 0 Å². The molecule has 4 atom stereocenters. The van der Waals surface area contributed by atoms with Crippen molar-refractivity contribution in [3.8, 4) is 0 Å². The Morgan fingerprint density at radius 1 is 1.33 bits per heavy atom. The SMILES string of the molecule is CCC(C)C(NC(=O)NCC(C)S(C)=O)C(=O)O. The topological polar surface area (TPSA) is 95.5 Å². The highest BCUT2D eigenvalue weighted by atomic mass is 32.2. The zero-order chi connectivity index (χ0) is 14.3. The molecule has 2 amide bonds. The fraction of sp³-hybridized carbons (Fsp3) is 0.818. The summed E-state index contributed by atoms with van der Waals surface area (Å²) < 4.78 is 11.1. The lowest BCUT2D eigenvalue weighted by Gasteiger charge is -2.20. The quantitative estimate of drug-likeness (QED) is 0.634. The van der Waals surface area contributed by atoms with E-state index in [2.05, 4.69) is 10.6 Å². The van der Waals surface area contributed by atoms with E-state index in [9.17, 15) is 13.8 Å². The Morgan fingerprint density at radius 3 is 2.28 bits per heavy atom. The minimum absolute atomic E-state index is 0.147. The molecule has 106 valence electrons. The molecule has 6 nitrogen and oxygen atoms in total. The first-order valence-electron chi connectivity index (χ1n) is 5.89. The average Bonchev–Trinajstić information content (AvgIpc) is 2.31. The highest BCUT2D eigenvalue weighted by Crippen LogP contribution is 2.07. The molecule has 0 aromatic carbocycles. The third kappa shape index (κ3) is 6.00. The number of hydrogen-bond donors (Lipinski definition) is 3. The molecule has 0 aromatic heterocycles. The Hall–Kier alpha value is -1.11. The second-order valence-corrected chi connectivity index (χ2v) is 6.17. The third-order valence-electron chi connectivity index (χ3n) is 2.88. The van der Waals surface area contributed by atoms with Crippen LogP contribution in [0.3, 0.4) is 0 Å². The molecular formula is C11H22N2O4S. The maximum Gasteiger partial charge on any atom is 0.326 e. The molecule has 7 heteroatoms. The molecule has 3 N–H and O–H groups in total. The average molecular weight is 278 g/mol. The van der Waals surface area contributed by atoms with Crippen LogP contribution in [0.4, 0.5) is 4.79 Å². The van der Waals surface area contributed by atoms with Gasteiger partial charge in [-0.05, 0) is 12.8 Å². The van der Waals surface area contributed by atoms with Crippen molar-refractivity contribution in [3.63, 3.8) is 0 Å². The first-order chi connectivity index (χ1) is 8.29. The molecule has 0 aliphatic heterocycles. The molecule has 0 aliphatic carbocycles. The van der Waals surface area contributed by atoms with Crippen molar-refractivity contribution < 1.29 is 18.9 Å². The second-order valence-electron chi connectivity index (χ2n) is 4.37. The summed E-state index contributed by atoms with van der Waals surface area (Å²) in [5, 5.41) is 13.8. The molecule has 0 rings (SSSR count). The van der Waals surface area contributed by atoms with Crippen LogP contribution in [0.15, 0.2) is 0 Å². The number of rotatable bonds is 7. The summed E-state index contributed by atoms with van der Waals surface area (Å²) in [4.78, 5) is 22.5. The van der Waals surface area contributed by atoms with E-state index in [0.29, 0.717) is 6.42 Å². The zero-order valence-electron chi connectivity index (χ0n) is 11.2. The Balaban J connectivity index is 4.27. The van der Waals surface area contributed by atoms with Gasteiger partial charge in [0.25, 0.3) is 0 Å². The number of carboxylic acid groups (broad SMARTS) is 1. The molecule has 18 heavy (non-hydrogen) atoms. The predicted octanol–water partition coefficient (Wildman–Crippen LogP) is 0.552. The summed E-state index contributed by atoms with van der Waals surface area (Å²) in [6.07, 6.45) is 2.22. The first kappa shape index (κ1) is 16.9. The molecule has 0 aromatic rings. The normalized spacial score (nSPS) is 17.3. The van der Waals surface area contributed by atoms with Crippen LogP contribution in [0.1, 0.15) is 27.2 Å². The van der Waals surface area contributed by atoms with Gasteiger partial charge in [-0.25, -0.2) is 9.59 Å². The first-order valence-corrected chi connectivity index (χ1v) is 7.51. The summed E-state index contributed by atoms with van der Waals surface area (Å²) >= 11 is 0. The Labute approximate surface area is 110 Å². The van der Waals surface area contributed by atoms with Crippen LogP contribution in [-0.4, -0.2) is 45.4 Å². The van der Waals surface area contributed by atoms with Crippen LogP contribution in [-0.2, 0) is 15.6 Å². The van der Waals surface area contributed by atoms with Gasteiger partial charge in [-0.1, -0.05) is 20.3 Å². The largest absolute Gasteiger partial charge is 0.480 e. The van der Waals surface area contributed by atoms with E-state index in [1.54, 1.807) is 20.1 Å². The monoisotopic (exact) mass is 278 g/mol. The van der Waals surface area contributed by atoms with Gasteiger partial charge in [-0.15, -0.1) is 0 Å². The lowest BCUT2D eigenvalue weighted by atomic mass is 9.99. The molecule has 0 fully saturated rings. The van der Waals surface area contributed by atoms with Crippen molar-refractivity contribution in [1.82, 2.24) is 10.6 Å². The smallest absolute Gasteiger partial charge is 0.326 e. The molecule has 0 bridgehead atoms. The summed E-state index contributed by atoms with van der Waals surface area (Å²) in [6.45, 7) is 5.63. The third-order valence-corrected chi connectivity index (χ3v) is 4.18. The lowest BCUT2D eigenvalue weighted by Crippen LogP contribution is -2.50. The van der Waals surface area contributed by atoms with Crippen LogP contribution in [0.2, 0.25) is 0 Å². The van der Waals surface area contributed by atoms with Crippen molar-refractivity contribution in [3.05, 3.63) is 0 Å². The number of hydrogen-bond acceptors (Lipinski definition) is 3. The molecule has 0 aliphatic rings. The van der Waals surface area contributed by atoms with Crippen molar-refractivity contribution in [2.45, 2.75) is 38.5 Å². The summed E-state index contributed by atoms with van der Waals surface area (Å²) in [5.41, 5.74) is 0. The fourth-order valence-corrected chi connectivity index (χ4v) is 1.55. The number of amides is 2. The van der Waals surface area contributed by atoms with Gasteiger partial charge < -0.3 is 15.7 Å². The van der Waals surface area contributed by atoms with Gasteiger partial charge in [0.2, 0.25) is 0 Å². The zero-order valence-corrected chi connectivity index (χ0v) is 12.0. The molecular weight excluding hydrogens is 256 g/mol. The predicted molar refractivity (Wildman–Crippen MR) is 70.9 cm³/mol. The Kier molecular flexibility index (Phi) is 7.58. The number of aliphatic carboxylic acids is 1. The van der Waals surface area contributed by atoms with Gasteiger partial charge in [0, 0.05) is 28.9 Å². The van der Waals surface area contributed by atoms with Crippen LogP contribution in [0, 0.1) is 5.92 Å². The van der Waals surface area contributed by atoms with Gasteiger partial charge >= 0.3 is 12.0 Å². The van der Waals surface area contributed by atoms with Crippen molar-refractivity contribution in [1.29, 1.82) is 0 Å². The molecule has 0 spiro atoms. The van der Waals surface area contributed by atoms with Crippen molar-refractivity contribution in [2.24, 2.45) is 5.92 Å². The molecule has 4 unspecified atom stereocenters. The standard InChI is InChI=1S/C11H22N2O4S/c1-5-7(2)9(10(14)15)13-11(16)12-6-8(3)18(4)17/h7-9H,5-6H2,1-4H3,(H,14,15)(H2,12,13,16). The number of carbonyl (C=O) groups excluding carboxylic acids is 1. The number of urea groups is 1. The minimum atomic E-state index is -1.05.